The zero-order valence-corrected chi connectivity index (χ0v) is 13.3. The molecule has 0 aliphatic heterocycles. The first-order chi connectivity index (χ1) is 9.67. The number of nitrogens with zero attached hydrogens (tertiary/aromatic N) is 1. The van der Waals surface area contributed by atoms with Crippen molar-refractivity contribution in [2.45, 2.75) is 25.8 Å². The van der Waals surface area contributed by atoms with E-state index < -0.39 is 5.97 Å². The quantitative estimate of drug-likeness (QED) is 0.415. The SMILES string of the molecule is COC(=O)CN(Cc1ccccc1)C(=O)CCCCBr. The molecule has 0 spiro atoms. The van der Waals surface area contributed by atoms with Crippen LogP contribution in [-0.2, 0) is 20.9 Å². The predicted octanol–water partition coefficient (Wildman–Crippen LogP) is 2.75. The Morgan fingerprint density at radius 3 is 2.50 bits per heavy atom. The molecule has 1 aromatic rings. The molecule has 110 valence electrons. The van der Waals surface area contributed by atoms with Crippen molar-refractivity contribution in [1.82, 2.24) is 4.90 Å². The Hall–Kier alpha value is -1.36. The van der Waals surface area contributed by atoms with Gasteiger partial charge in [0, 0.05) is 18.3 Å². The van der Waals surface area contributed by atoms with E-state index in [4.69, 9.17) is 0 Å². The van der Waals surface area contributed by atoms with Crippen molar-refractivity contribution in [2.75, 3.05) is 19.0 Å². The summed E-state index contributed by atoms with van der Waals surface area (Å²) < 4.78 is 4.65. The van der Waals surface area contributed by atoms with Gasteiger partial charge in [-0.25, -0.2) is 0 Å². The number of carbonyl (C=O) groups is 2. The Labute approximate surface area is 128 Å². The number of amides is 1. The normalized spacial score (nSPS) is 10.1. The van der Waals surface area contributed by atoms with E-state index in [2.05, 4.69) is 20.7 Å². The molecule has 0 heterocycles. The number of hydrogen-bond donors (Lipinski definition) is 0. The molecule has 0 fully saturated rings. The van der Waals surface area contributed by atoms with Crippen LogP contribution in [0.2, 0.25) is 0 Å². The molecule has 1 amide bonds. The Morgan fingerprint density at radius 1 is 1.20 bits per heavy atom. The van der Waals surface area contributed by atoms with Crippen LogP contribution in [0.4, 0.5) is 0 Å². The minimum absolute atomic E-state index is 0.00145. The van der Waals surface area contributed by atoms with Crippen molar-refractivity contribution < 1.29 is 14.3 Å². The number of unbranched alkanes of at least 4 members (excludes halogenated alkanes) is 1. The average molecular weight is 342 g/mol. The second kappa shape index (κ2) is 9.53. The Bertz CT molecular complexity index is 422. The predicted molar refractivity (Wildman–Crippen MR) is 81.5 cm³/mol. The van der Waals surface area contributed by atoms with Gasteiger partial charge in [-0.3, -0.25) is 9.59 Å². The molecule has 20 heavy (non-hydrogen) atoms. The van der Waals surface area contributed by atoms with Gasteiger partial charge in [-0.05, 0) is 18.4 Å². The number of alkyl halides is 1. The molecule has 0 N–H and O–H groups in total. The summed E-state index contributed by atoms with van der Waals surface area (Å²) in [6.45, 7) is 0.432. The molecule has 0 unspecified atom stereocenters. The fraction of sp³-hybridized carbons (Fsp3) is 0.467. The maximum Gasteiger partial charge on any atom is 0.325 e. The van der Waals surface area contributed by atoms with Crippen molar-refractivity contribution in [1.29, 1.82) is 0 Å². The van der Waals surface area contributed by atoms with Crippen LogP contribution in [0, 0.1) is 0 Å². The third-order valence-electron chi connectivity index (χ3n) is 2.89. The van der Waals surface area contributed by atoms with Crippen molar-refractivity contribution in [2.24, 2.45) is 0 Å². The minimum Gasteiger partial charge on any atom is -0.468 e. The maximum atomic E-state index is 12.2. The first-order valence-electron chi connectivity index (χ1n) is 6.62. The van der Waals surface area contributed by atoms with Crippen molar-refractivity contribution >= 4 is 27.8 Å². The van der Waals surface area contributed by atoms with Crippen LogP contribution in [0.5, 0.6) is 0 Å². The topological polar surface area (TPSA) is 46.6 Å². The molecule has 0 saturated carbocycles. The molecular formula is C15H20BrNO3. The van der Waals surface area contributed by atoms with Crippen molar-refractivity contribution in [3.63, 3.8) is 0 Å². The molecule has 0 aliphatic carbocycles. The van der Waals surface area contributed by atoms with E-state index in [0.29, 0.717) is 13.0 Å². The van der Waals surface area contributed by atoms with Crippen LogP contribution in [0.3, 0.4) is 0 Å². The average Bonchev–Trinajstić information content (AvgIpc) is 2.47. The zero-order chi connectivity index (χ0) is 14.8. The number of methoxy groups -OCH3 is 1. The Morgan fingerprint density at radius 2 is 1.90 bits per heavy atom. The maximum absolute atomic E-state index is 12.2. The molecule has 1 rings (SSSR count). The van der Waals surface area contributed by atoms with E-state index in [1.165, 1.54) is 7.11 Å². The fourth-order valence-corrected chi connectivity index (χ4v) is 2.18. The summed E-state index contributed by atoms with van der Waals surface area (Å²) in [6, 6.07) is 9.64. The largest absolute Gasteiger partial charge is 0.468 e. The molecule has 0 bridgehead atoms. The summed E-state index contributed by atoms with van der Waals surface area (Å²) in [5.74, 6) is -0.407. The third-order valence-corrected chi connectivity index (χ3v) is 3.45. The molecule has 0 aromatic heterocycles. The van der Waals surface area contributed by atoms with Crippen molar-refractivity contribution in [3.8, 4) is 0 Å². The summed E-state index contributed by atoms with van der Waals surface area (Å²) in [5, 5.41) is 0.885. The molecule has 0 radical (unpaired) electrons. The lowest BCUT2D eigenvalue weighted by Crippen LogP contribution is -2.35. The van der Waals surface area contributed by atoms with Crippen LogP contribution < -0.4 is 0 Å². The Kier molecular flexibility index (Phi) is 7.95. The van der Waals surface area contributed by atoms with Crippen LogP contribution in [-0.4, -0.2) is 35.8 Å². The first kappa shape index (κ1) is 16.7. The van der Waals surface area contributed by atoms with Gasteiger partial charge in [-0.2, -0.15) is 0 Å². The highest BCUT2D eigenvalue weighted by Gasteiger charge is 2.17. The van der Waals surface area contributed by atoms with Gasteiger partial charge in [0.05, 0.1) is 7.11 Å². The smallest absolute Gasteiger partial charge is 0.325 e. The van der Waals surface area contributed by atoms with Crippen LogP contribution in [0.15, 0.2) is 30.3 Å². The fourth-order valence-electron chi connectivity index (χ4n) is 1.79. The van der Waals surface area contributed by atoms with Gasteiger partial charge in [0.15, 0.2) is 0 Å². The highest BCUT2D eigenvalue weighted by molar-refractivity contribution is 9.09. The van der Waals surface area contributed by atoms with Gasteiger partial charge >= 0.3 is 5.97 Å². The molecule has 0 aliphatic rings. The lowest BCUT2D eigenvalue weighted by Gasteiger charge is -2.21. The lowest BCUT2D eigenvalue weighted by atomic mass is 10.2. The molecule has 0 saturated heterocycles. The van der Waals surface area contributed by atoms with E-state index in [1.54, 1.807) is 4.90 Å². The highest BCUT2D eigenvalue weighted by atomic mass is 79.9. The zero-order valence-electron chi connectivity index (χ0n) is 11.7. The number of esters is 1. The van der Waals surface area contributed by atoms with Gasteiger partial charge < -0.3 is 9.64 Å². The van der Waals surface area contributed by atoms with Crippen LogP contribution in [0.1, 0.15) is 24.8 Å². The van der Waals surface area contributed by atoms with E-state index in [9.17, 15) is 9.59 Å². The summed E-state index contributed by atoms with van der Waals surface area (Å²) in [7, 11) is 1.33. The number of rotatable bonds is 8. The standard InChI is InChI=1S/C15H20BrNO3/c1-20-15(19)12-17(14(18)9-5-6-10-16)11-13-7-3-2-4-8-13/h2-4,7-8H,5-6,9-12H2,1H3. The number of carbonyl (C=O) groups excluding carboxylic acids is 2. The Balaban J connectivity index is 2.64. The second-order valence-corrected chi connectivity index (χ2v) is 5.25. The lowest BCUT2D eigenvalue weighted by molar-refractivity contribution is -0.147. The van der Waals surface area contributed by atoms with Gasteiger partial charge in [0.25, 0.3) is 0 Å². The molecule has 5 heteroatoms. The first-order valence-corrected chi connectivity index (χ1v) is 7.74. The molecule has 4 nitrogen and oxygen atoms in total. The van der Waals surface area contributed by atoms with Gasteiger partial charge in [0.1, 0.15) is 6.54 Å². The number of ether oxygens (including phenoxy) is 1. The van der Waals surface area contributed by atoms with E-state index in [1.807, 2.05) is 30.3 Å². The summed E-state index contributed by atoms with van der Waals surface area (Å²) in [6.07, 6.45) is 2.22. The van der Waals surface area contributed by atoms with E-state index >= 15 is 0 Å². The number of hydrogen-bond acceptors (Lipinski definition) is 3. The van der Waals surface area contributed by atoms with Crippen LogP contribution in [0.25, 0.3) is 0 Å². The van der Waals surface area contributed by atoms with E-state index in [0.717, 1.165) is 23.7 Å². The summed E-state index contributed by atoms with van der Waals surface area (Å²) >= 11 is 3.34. The van der Waals surface area contributed by atoms with Crippen molar-refractivity contribution in [3.05, 3.63) is 35.9 Å². The van der Waals surface area contributed by atoms with Gasteiger partial charge in [-0.1, -0.05) is 46.3 Å². The number of benzene rings is 1. The molecule has 1 aromatic carbocycles. The molecule has 0 atom stereocenters. The summed E-state index contributed by atoms with van der Waals surface area (Å²) in [4.78, 5) is 25.2. The van der Waals surface area contributed by atoms with Gasteiger partial charge in [-0.15, -0.1) is 0 Å². The molecular weight excluding hydrogens is 322 g/mol. The van der Waals surface area contributed by atoms with Gasteiger partial charge in [0.2, 0.25) is 5.91 Å². The number of halogens is 1. The third kappa shape index (κ3) is 6.19. The summed E-state index contributed by atoms with van der Waals surface area (Å²) in [5.41, 5.74) is 1.00. The highest BCUT2D eigenvalue weighted by Crippen LogP contribution is 2.09. The minimum atomic E-state index is -0.394. The monoisotopic (exact) mass is 341 g/mol. The van der Waals surface area contributed by atoms with Crippen LogP contribution >= 0.6 is 15.9 Å². The van der Waals surface area contributed by atoms with E-state index in [-0.39, 0.29) is 12.5 Å². The second-order valence-electron chi connectivity index (χ2n) is 4.46.